The van der Waals surface area contributed by atoms with Crippen molar-refractivity contribution < 1.29 is 0 Å². The molecule has 0 aliphatic rings. The Morgan fingerprint density at radius 1 is 0.0965 bits per heavy atom. The van der Waals surface area contributed by atoms with Crippen molar-refractivity contribution in [1.82, 2.24) is 49.8 Å². The SMILES string of the molecule is c1ccc(-c2cc(-c3ccc(-c4cccc(-c5nc(-c6ccccc6)nc(-c6ccccc6-c6ccccc6)n5)c4)cc3)nc(-c3ccccc3)n2)cc1.c1ccc(-c2ccc(-c3ccc(-c4cc(-c5ccc(-c6cccc(-c7nc(-c8ccccc8)nc(-c8ccccc8)n7)c6)cc5)nc(-c5ccccc5)n4)cc3)cc2)cc1. The summed E-state index contributed by atoms with van der Waals surface area (Å²) in [7, 11) is 0. The Labute approximate surface area is 662 Å². The fourth-order valence-electron chi connectivity index (χ4n) is 14.0. The number of hydrogen-bond acceptors (Lipinski definition) is 10. The van der Waals surface area contributed by atoms with Gasteiger partial charge in [-0.25, -0.2) is 49.8 Å². The first-order chi connectivity index (χ1) is 56.4. The lowest BCUT2D eigenvalue weighted by Crippen LogP contribution is -2.01. The van der Waals surface area contributed by atoms with Gasteiger partial charge in [0.1, 0.15) is 0 Å². The van der Waals surface area contributed by atoms with Crippen molar-refractivity contribution in [3.05, 3.63) is 425 Å². The van der Waals surface area contributed by atoms with Gasteiger partial charge in [-0.2, -0.15) is 0 Å². The summed E-state index contributed by atoms with van der Waals surface area (Å²) in [4.78, 5) is 50.0. The first-order valence-corrected chi connectivity index (χ1v) is 37.9. The Morgan fingerprint density at radius 2 is 0.281 bits per heavy atom. The number of nitrogens with zero attached hydrogens (tertiary/aromatic N) is 10. The van der Waals surface area contributed by atoms with E-state index < -0.39 is 0 Å². The van der Waals surface area contributed by atoms with Crippen molar-refractivity contribution in [3.63, 3.8) is 0 Å². The van der Waals surface area contributed by atoms with Crippen LogP contribution in [0, 0.1) is 0 Å². The second kappa shape index (κ2) is 32.7. The summed E-state index contributed by atoms with van der Waals surface area (Å²) in [6.07, 6.45) is 0. The number of benzene rings is 15. The van der Waals surface area contributed by atoms with Crippen LogP contribution in [0.2, 0.25) is 0 Å². The zero-order valence-corrected chi connectivity index (χ0v) is 61.9. The first kappa shape index (κ1) is 70.2. The normalized spacial score (nSPS) is 11.0. The fraction of sp³-hybridized carbons (Fsp3) is 0. The molecule has 0 radical (unpaired) electrons. The summed E-state index contributed by atoms with van der Waals surface area (Å²) in [6, 6.07) is 145. The highest BCUT2D eigenvalue weighted by molar-refractivity contribution is 5.84. The molecule has 0 fully saturated rings. The van der Waals surface area contributed by atoms with Gasteiger partial charge in [0.2, 0.25) is 0 Å². The lowest BCUT2D eigenvalue weighted by molar-refractivity contribution is 1.07. The Hall–Kier alpha value is -15.5. The quantitative estimate of drug-likeness (QED) is 0.0869. The molecule has 19 aromatic rings. The van der Waals surface area contributed by atoms with Gasteiger partial charge < -0.3 is 0 Å². The van der Waals surface area contributed by atoms with Gasteiger partial charge in [-0.1, -0.05) is 400 Å². The maximum Gasteiger partial charge on any atom is 0.164 e. The summed E-state index contributed by atoms with van der Waals surface area (Å²) in [5.74, 6) is 5.14. The average Bonchev–Trinajstić information content (AvgIpc) is 0.787. The van der Waals surface area contributed by atoms with Gasteiger partial charge in [0.25, 0.3) is 0 Å². The minimum atomic E-state index is 0.614. The van der Waals surface area contributed by atoms with E-state index in [1.165, 1.54) is 16.7 Å². The molecule has 4 heterocycles. The van der Waals surface area contributed by atoms with Crippen LogP contribution in [-0.2, 0) is 0 Å². The molecule has 0 unspecified atom stereocenters. The maximum absolute atomic E-state index is 5.10. The van der Waals surface area contributed by atoms with Crippen LogP contribution in [0.15, 0.2) is 425 Å². The molecule has 0 atom stereocenters. The summed E-state index contributed by atoms with van der Waals surface area (Å²) >= 11 is 0. The highest BCUT2D eigenvalue weighted by Crippen LogP contribution is 2.38. The third-order valence-corrected chi connectivity index (χ3v) is 20.0. The van der Waals surface area contributed by atoms with Crippen LogP contribution in [0.25, 0.3) is 192 Å². The van der Waals surface area contributed by atoms with Gasteiger partial charge >= 0.3 is 0 Å². The molecule has 4 aromatic heterocycles. The van der Waals surface area contributed by atoms with Gasteiger partial charge in [-0.3, -0.25) is 0 Å². The largest absolute Gasteiger partial charge is 0.228 e. The molecule has 114 heavy (non-hydrogen) atoms. The van der Waals surface area contributed by atoms with Crippen LogP contribution < -0.4 is 0 Å². The lowest BCUT2D eigenvalue weighted by atomic mass is 9.98. The van der Waals surface area contributed by atoms with Crippen molar-refractivity contribution >= 4 is 0 Å². The van der Waals surface area contributed by atoms with E-state index in [9.17, 15) is 0 Å². The lowest BCUT2D eigenvalue weighted by Gasteiger charge is -2.12. The molecule has 10 heteroatoms. The molecule has 0 saturated carbocycles. The van der Waals surface area contributed by atoms with E-state index in [0.29, 0.717) is 46.6 Å². The Kier molecular flexibility index (Phi) is 20.2. The zero-order valence-electron chi connectivity index (χ0n) is 61.9. The van der Waals surface area contributed by atoms with Crippen LogP contribution in [0.4, 0.5) is 0 Å². The smallest absolute Gasteiger partial charge is 0.164 e. The summed E-state index contributed by atoms with van der Waals surface area (Å²) < 4.78 is 0. The van der Waals surface area contributed by atoms with Gasteiger partial charge in [-0.15, -0.1) is 0 Å². The standard InChI is InChI=1S/C55H37N5.C49H33N5/c1-5-14-38(15-6-1)39-24-26-40(27-25-39)41-28-32-43(33-29-41)50-37-51(57-52(56-50)45-16-7-2-8-17-45)44-34-30-42(31-35-44)48-22-13-23-49(36-48)55-59-53(46-18-9-3-10-19-46)58-54(60-55)47-20-11-4-12-21-47;1-5-16-35(17-6-1)42-26-13-14-27-43(42)49-53-47(39-22-11-4-12-23-39)52-48(54-49)41-25-15-24-40(32-41)34-28-30-37(31-29-34)45-33-44(36-18-7-2-8-19-36)50-46(51-45)38-20-9-3-10-21-38/h1-37H;1-33H. The summed E-state index contributed by atoms with van der Waals surface area (Å²) in [6.45, 7) is 0. The van der Waals surface area contributed by atoms with Crippen molar-refractivity contribution in [1.29, 1.82) is 0 Å². The fourth-order valence-corrected chi connectivity index (χ4v) is 14.0. The third-order valence-electron chi connectivity index (χ3n) is 20.0. The Balaban J connectivity index is 0.000000159. The van der Waals surface area contributed by atoms with E-state index in [-0.39, 0.29) is 0 Å². The topological polar surface area (TPSA) is 129 Å². The zero-order chi connectivity index (χ0) is 76.2. The molecule has 10 nitrogen and oxygen atoms in total. The third kappa shape index (κ3) is 15.9. The van der Waals surface area contributed by atoms with Crippen molar-refractivity contribution in [2.24, 2.45) is 0 Å². The molecular weight excluding hydrogens is 1390 g/mol. The minimum Gasteiger partial charge on any atom is -0.228 e. The average molecular weight is 1460 g/mol. The minimum absolute atomic E-state index is 0.614. The van der Waals surface area contributed by atoms with Crippen LogP contribution in [0.3, 0.4) is 0 Å². The van der Waals surface area contributed by atoms with E-state index >= 15 is 0 Å². The van der Waals surface area contributed by atoms with Gasteiger partial charge in [-0.05, 0) is 79.9 Å². The van der Waals surface area contributed by atoms with E-state index in [0.717, 1.165) is 128 Å². The maximum atomic E-state index is 5.10. The van der Waals surface area contributed by atoms with Gasteiger partial charge in [0, 0.05) is 66.8 Å². The van der Waals surface area contributed by atoms with Crippen molar-refractivity contribution in [3.8, 4) is 192 Å². The van der Waals surface area contributed by atoms with Crippen LogP contribution >= 0.6 is 0 Å². The Morgan fingerprint density at radius 3 is 0.588 bits per heavy atom. The highest BCUT2D eigenvalue weighted by Gasteiger charge is 2.20. The molecule has 0 amide bonds. The second-order valence-corrected chi connectivity index (χ2v) is 27.5. The van der Waals surface area contributed by atoms with Crippen LogP contribution in [-0.4, -0.2) is 49.8 Å². The summed E-state index contributed by atoms with van der Waals surface area (Å²) in [5, 5.41) is 0. The first-order valence-electron chi connectivity index (χ1n) is 37.9. The van der Waals surface area contributed by atoms with Gasteiger partial charge in [0.15, 0.2) is 46.6 Å². The van der Waals surface area contributed by atoms with Gasteiger partial charge in [0.05, 0.1) is 22.8 Å². The molecule has 0 aliphatic heterocycles. The van der Waals surface area contributed by atoms with Crippen molar-refractivity contribution in [2.45, 2.75) is 0 Å². The van der Waals surface area contributed by atoms with E-state index in [1.54, 1.807) is 0 Å². The summed E-state index contributed by atoms with van der Waals surface area (Å²) in [5.41, 5.74) is 26.3. The molecule has 15 aromatic carbocycles. The van der Waals surface area contributed by atoms with Crippen molar-refractivity contribution in [2.75, 3.05) is 0 Å². The molecule has 536 valence electrons. The second-order valence-electron chi connectivity index (χ2n) is 27.5. The molecular formula is C104H70N10. The van der Waals surface area contributed by atoms with E-state index in [2.05, 4.69) is 249 Å². The molecule has 0 N–H and O–H groups in total. The predicted molar refractivity (Wildman–Crippen MR) is 463 cm³/mol. The predicted octanol–water partition coefficient (Wildman–Crippen LogP) is 25.7. The molecule has 19 rings (SSSR count). The van der Waals surface area contributed by atoms with E-state index in [4.69, 9.17) is 49.8 Å². The Bertz CT molecular complexity index is 6390. The molecule has 0 spiro atoms. The number of hydrogen-bond donors (Lipinski definition) is 0. The van der Waals surface area contributed by atoms with E-state index in [1.807, 2.05) is 176 Å². The number of rotatable bonds is 17. The monoisotopic (exact) mass is 1460 g/mol. The van der Waals surface area contributed by atoms with Crippen LogP contribution in [0.1, 0.15) is 0 Å². The molecule has 0 bridgehead atoms. The highest BCUT2D eigenvalue weighted by atomic mass is 15.0. The molecule has 0 saturated heterocycles. The molecule has 0 aliphatic carbocycles. The number of aromatic nitrogens is 10. The van der Waals surface area contributed by atoms with Crippen LogP contribution in [0.5, 0.6) is 0 Å².